The quantitative estimate of drug-likeness (QED) is 0.897. The number of nitrogens with zero attached hydrogens (tertiary/aromatic N) is 2. The molecule has 2 N–H and O–H groups in total. The average Bonchev–Trinajstić information content (AvgIpc) is 3.05. The molecule has 132 valence electrons. The van der Waals surface area contributed by atoms with Crippen molar-refractivity contribution < 1.29 is 4.74 Å². The number of rotatable bonds is 4. The highest BCUT2D eigenvalue weighted by Gasteiger charge is 2.40. The molecular weight excluding hydrogens is 312 g/mol. The Morgan fingerprint density at radius 1 is 1.20 bits per heavy atom. The topological polar surface area (TPSA) is 49.4 Å². The van der Waals surface area contributed by atoms with Gasteiger partial charge in [0.05, 0.1) is 18.8 Å². The third-order valence-electron chi connectivity index (χ3n) is 5.38. The molecule has 2 fully saturated rings. The molecule has 5 nitrogen and oxygen atoms in total. The van der Waals surface area contributed by atoms with Gasteiger partial charge >= 0.3 is 0 Å². The lowest BCUT2D eigenvalue weighted by molar-refractivity contribution is 0.146. The second-order valence-electron chi connectivity index (χ2n) is 7.11. The third-order valence-corrected chi connectivity index (χ3v) is 5.38. The fourth-order valence-corrected chi connectivity index (χ4v) is 4.10. The van der Waals surface area contributed by atoms with Crippen LogP contribution in [0.2, 0.25) is 0 Å². The van der Waals surface area contributed by atoms with Gasteiger partial charge < -0.3 is 4.74 Å². The van der Waals surface area contributed by atoms with Crippen molar-refractivity contribution in [2.24, 2.45) is 5.92 Å². The summed E-state index contributed by atoms with van der Waals surface area (Å²) in [7, 11) is 1.72. The van der Waals surface area contributed by atoms with Crippen LogP contribution in [0.5, 0.6) is 5.75 Å². The van der Waals surface area contributed by atoms with Crippen molar-refractivity contribution in [3.63, 3.8) is 0 Å². The molecule has 3 unspecified atom stereocenters. The minimum Gasteiger partial charge on any atom is -0.497 e. The molecule has 0 amide bonds. The molecule has 2 saturated heterocycles. The summed E-state index contributed by atoms with van der Waals surface area (Å²) >= 11 is 0. The van der Waals surface area contributed by atoms with Crippen LogP contribution >= 0.6 is 0 Å². The lowest BCUT2D eigenvalue weighted by atomic mass is 9.85. The molecular formula is C20H26N4O. The van der Waals surface area contributed by atoms with E-state index in [-0.39, 0.29) is 0 Å². The van der Waals surface area contributed by atoms with Crippen molar-refractivity contribution in [3.8, 4) is 5.75 Å². The molecule has 0 spiro atoms. The van der Waals surface area contributed by atoms with E-state index in [2.05, 4.69) is 64.1 Å². The van der Waals surface area contributed by atoms with Gasteiger partial charge in [-0.2, -0.15) is 0 Å². The zero-order valence-corrected chi connectivity index (χ0v) is 14.9. The normalized spacial score (nSPS) is 26.4. The van der Waals surface area contributed by atoms with Crippen molar-refractivity contribution in [2.75, 3.05) is 20.2 Å². The Hall–Kier alpha value is -1.95. The van der Waals surface area contributed by atoms with E-state index in [9.17, 15) is 0 Å². The number of aryl methyl sites for hydroxylation is 1. The summed E-state index contributed by atoms with van der Waals surface area (Å²) in [6.45, 7) is 5.16. The SMILES string of the molecule is COc1cccc(C2NNC3CCN(Cc4cccc(C)n4)CC32)c1. The molecule has 2 aliphatic rings. The monoisotopic (exact) mass is 338 g/mol. The molecule has 0 radical (unpaired) electrons. The van der Waals surface area contributed by atoms with Gasteiger partial charge in [-0.15, -0.1) is 0 Å². The number of ether oxygens (including phenoxy) is 1. The summed E-state index contributed by atoms with van der Waals surface area (Å²) in [5, 5.41) is 0. The van der Waals surface area contributed by atoms with Crippen molar-refractivity contribution in [1.82, 2.24) is 20.7 Å². The highest BCUT2D eigenvalue weighted by molar-refractivity contribution is 5.32. The Bertz CT molecular complexity index is 735. The maximum absolute atomic E-state index is 5.39. The predicted molar refractivity (Wildman–Crippen MR) is 98.2 cm³/mol. The van der Waals surface area contributed by atoms with E-state index in [0.29, 0.717) is 18.0 Å². The molecule has 5 heteroatoms. The number of aromatic nitrogens is 1. The average molecular weight is 338 g/mol. The van der Waals surface area contributed by atoms with Crippen molar-refractivity contribution in [1.29, 1.82) is 0 Å². The summed E-state index contributed by atoms with van der Waals surface area (Å²) in [5.41, 5.74) is 10.6. The van der Waals surface area contributed by atoms with Gasteiger partial charge in [0.2, 0.25) is 0 Å². The molecule has 4 rings (SSSR count). The number of nitrogens with one attached hydrogen (secondary N) is 2. The Kier molecular flexibility index (Phi) is 4.70. The van der Waals surface area contributed by atoms with E-state index >= 15 is 0 Å². The summed E-state index contributed by atoms with van der Waals surface area (Å²) in [6, 6.07) is 15.5. The molecule has 2 aliphatic heterocycles. The Balaban J connectivity index is 1.48. The van der Waals surface area contributed by atoms with E-state index in [1.165, 1.54) is 5.56 Å². The van der Waals surface area contributed by atoms with Crippen LogP contribution in [0.25, 0.3) is 0 Å². The minimum atomic E-state index is 0.313. The van der Waals surface area contributed by atoms with Crippen LogP contribution in [0.1, 0.15) is 29.4 Å². The van der Waals surface area contributed by atoms with Gasteiger partial charge in [0, 0.05) is 37.3 Å². The molecule has 1 aromatic heterocycles. The van der Waals surface area contributed by atoms with Crippen LogP contribution < -0.4 is 15.6 Å². The molecule has 0 bridgehead atoms. The Morgan fingerprint density at radius 3 is 2.92 bits per heavy atom. The van der Waals surface area contributed by atoms with Crippen LogP contribution in [0.3, 0.4) is 0 Å². The highest BCUT2D eigenvalue weighted by atomic mass is 16.5. The summed E-state index contributed by atoms with van der Waals surface area (Å²) < 4.78 is 5.39. The lowest BCUT2D eigenvalue weighted by Gasteiger charge is -2.36. The van der Waals surface area contributed by atoms with Crippen LogP contribution in [0.15, 0.2) is 42.5 Å². The van der Waals surface area contributed by atoms with Gasteiger partial charge in [0.1, 0.15) is 5.75 Å². The zero-order valence-electron chi connectivity index (χ0n) is 14.9. The van der Waals surface area contributed by atoms with Gasteiger partial charge in [-0.25, -0.2) is 5.43 Å². The predicted octanol–water partition coefficient (Wildman–Crippen LogP) is 2.44. The maximum atomic E-state index is 5.39. The summed E-state index contributed by atoms with van der Waals surface area (Å²) in [4.78, 5) is 7.20. The molecule has 3 atom stereocenters. The summed E-state index contributed by atoms with van der Waals surface area (Å²) in [6.07, 6.45) is 1.16. The molecule has 2 aromatic rings. The number of likely N-dealkylation sites (tertiary alicyclic amines) is 1. The van der Waals surface area contributed by atoms with Gasteiger partial charge in [-0.1, -0.05) is 18.2 Å². The third kappa shape index (κ3) is 3.54. The second-order valence-corrected chi connectivity index (χ2v) is 7.11. The minimum absolute atomic E-state index is 0.313. The van der Waals surface area contributed by atoms with Crippen LogP contribution in [-0.4, -0.2) is 36.1 Å². The van der Waals surface area contributed by atoms with E-state index in [1.807, 2.05) is 6.07 Å². The molecule has 3 heterocycles. The fraction of sp³-hybridized carbons (Fsp3) is 0.450. The number of benzene rings is 1. The van der Waals surface area contributed by atoms with Crippen molar-refractivity contribution in [2.45, 2.75) is 32.0 Å². The summed E-state index contributed by atoms with van der Waals surface area (Å²) in [5.74, 6) is 1.46. The molecule has 0 aliphatic carbocycles. The zero-order chi connectivity index (χ0) is 17.2. The number of piperidine rings is 1. The van der Waals surface area contributed by atoms with Crippen LogP contribution in [0.4, 0.5) is 0 Å². The molecule has 1 aromatic carbocycles. The van der Waals surface area contributed by atoms with Gasteiger partial charge in [0.25, 0.3) is 0 Å². The van der Waals surface area contributed by atoms with Crippen molar-refractivity contribution >= 4 is 0 Å². The first kappa shape index (κ1) is 16.5. The number of pyridine rings is 1. The largest absolute Gasteiger partial charge is 0.497 e. The smallest absolute Gasteiger partial charge is 0.119 e. The van der Waals surface area contributed by atoms with Crippen LogP contribution in [0, 0.1) is 12.8 Å². The maximum Gasteiger partial charge on any atom is 0.119 e. The van der Waals surface area contributed by atoms with E-state index in [1.54, 1.807) is 7.11 Å². The first-order valence-electron chi connectivity index (χ1n) is 9.03. The standard InChI is InChI=1S/C20H26N4O/c1-14-5-3-7-16(21-14)12-24-10-9-19-18(13-24)20(23-22-19)15-6-4-8-17(11-15)25-2/h3-8,11,18-20,22-23H,9-10,12-13H2,1-2H3. The Labute approximate surface area is 149 Å². The number of hydrogen-bond acceptors (Lipinski definition) is 5. The lowest BCUT2D eigenvalue weighted by Crippen LogP contribution is -2.45. The molecule has 0 saturated carbocycles. The Morgan fingerprint density at radius 2 is 2.08 bits per heavy atom. The number of hydrazine groups is 1. The first-order chi connectivity index (χ1) is 12.2. The van der Waals surface area contributed by atoms with Crippen LogP contribution in [-0.2, 0) is 6.54 Å². The highest BCUT2D eigenvalue weighted by Crippen LogP contribution is 2.35. The number of hydrogen-bond donors (Lipinski definition) is 2. The second kappa shape index (κ2) is 7.12. The van der Waals surface area contributed by atoms with Gasteiger partial charge in [-0.3, -0.25) is 15.3 Å². The van der Waals surface area contributed by atoms with E-state index in [4.69, 9.17) is 4.74 Å². The number of fused-ring (bicyclic) bond motifs is 1. The van der Waals surface area contributed by atoms with Crippen molar-refractivity contribution in [3.05, 3.63) is 59.4 Å². The molecule has 25 heavy (non-hydrogen) atoms. The number of methoxy groups -OCH3 is 1. The van der Waals surface area contributed by atoms with E-state index in [0.717, 1.165) is 43.2 Å². The first-order valence-corrected chi connectivity index (χ1v) is 9.03. The van der Waals surface area contributed by atoms with E-state index < -0.39 is 0 Å². The fourth-order valence-electron chi connectivity index (χ4n) is 4.10. The van der Waals surface area contributed by atoms with Gasteiger partial charge in [0.15, 0.2) is 0 Å². The van der Waals surface area contributed by atoms with Gasteiger partial charge in [-0.05, 0) is 43.2 Å².